The van der Waals surface area contributed by atoms with Gasteiger partial charge in [0.25, 0.3) is 0 Å². The first-order valence-electron chi connectivity index (χ1n) is 6.26. The Hall–Kier alpha value is -1.83. The molecule has 1 heterocycles. The highest BCUT2D eigenvalue weighted by Gasteiger charge is 2.28. The number of hydrogen-bond acceptors (Lipinski definition) is 5. The predicted octanol–water partition coefficient (Wildman–Crippen LogP) is 0.713. The first-order chi connectivity index (χ1) is 9.22. The van der Waals surface area contributed by atoms with Gasteiger partial charge in [-0.05, 0) is 24.8 Å². The lowest BCUT2D eigenvalue weighted by molar-refractivity contribution is -0.132. The summed E-state index contributed by atoms with van der Waals surface area (Å²) in [7, 11) is -3.57. The van der Waals surface area contributed by atoms with Crippen LogP contribution >= 0.6 is 0 Å². The molecule has 0 fully saturated rings. The van der Waals surface area contributed by atoms with Crippen molar-refractivity contribution in [3.05, 3.63) is 17.0 Å². The van der Waals surface area contributed by atoms with Crippen LogP contribution in [0.1, 0.15) is 31.7 Å². The third kappa shape index (κ3) is 2.55. The van der Waals surface area contributed by atoms with E-state index >= 15 is 0 Å². The standard InChI is InChI=1S/C12H17N3O4S/c1-7(2)6-20(18,19)15-10-4-3-8(11(16)17)5-9(10)14-12(15)13/h5,7H,3-4,6H2,1-2H3,(H2,13,14)(H,16,17). The Morgan fingerprint density at radius 3 is 2.70 bits per heavy atom. The molecular formula is C12H17N3O4S. The van der Waals surface area contributed by atoms with Gasteiger partial charge in [-0.3, -0.25) is 0 Å². The molecule has 1 aromatic heterocycles. The molecule has 20 heavy (non-hydrogen) atoms. The molecule has 3 N–H and O–H groups in total. The molecule has 0 saturated heterocycles. The van der Waals surface area contributed by atoms with E-state index in [0.717, 1.165) is 3.97 Å². The third-order valence-corrected chi connectivity index (χ3v) is 5.07. The lowest BCUT2D eigenvalue weighted by atomic mass is 10.0. The summed E-state index contributed by atoms with van der Waals surface area (Å²) in [5.41, 5.74) is 6.71. The Morgan fingerprint density at radius 1 is 1.50 bits per heavy atom. The van der Waals surface area contributed by atoms with Crippen molar-refractivity contribution in [2.75, 3.05) is 11.5 Å². The molecule has 0 aromatic carbocycles. The van der Waals surface area contributed by atoms with E-state index in [1.807, 2.05) is 0 Å². The molecule has 110 valence electrons. The van der Waals surface area contributed by atoms with E-state index in [1.165, 1.54) is 6.08 Å². The second-order valence-corrected chi connectivity index (χ2v) is 7.08. The van der Waals surface area contributed by atoms with Gasteiger partial charge in [0.15, 0.2) is 0 Å². The molecule has 8 heteroatoms. The van der Waals surface area contributed by atoms with Gasteiger partial charge in [0.1, 0.15) is 0 Å². The SMILES string of the molecule is CC(C)CS(=O)(=O)n1c(N)nc2c1CCC(C(=O)O)=C2. The molecule has 1 aliphatic rings. The number of carboxylic acid groups (broad SMARTS) is 1. The van der Waals surface area contributed by atoms with E-state index < -0.39 is 16.0 Å². The predicted molar refractivity (Wildman–Crippen MR) is 74.6 cm³/mol. The zero-order valence-electron chi connectivity index (χ0n) is 11.3. The average molecular weight is 299 g/mol. The number of rotatable bonds is 4. The van der Waals surface area contributed by atoms with Gasteiger partial charge in [0, 0.05) is 5.57 Å². The molecule has 7 nitrogen and oxygen atoms in total. The maximum atomic E-state index is 12.3. The average Bonchev–Trinajstić information content (AvgIpc) is 2.62. The van der Waals surface area contributed by atoms with Gasteiger partial charge in [-0.2, -0.15) is 0 Å². The summed E-state index contributed by atoms with van der Waals surface area (Å²) in [6, 6.07) is 0. The highest BCUT2D eigenvalue weighted by molar-refractivity contribution is 7.90. The number of fused-ring (bicyclic) bond motifs is 1. The summed E-state index contributed by atoms with van der Waals surface area (Å²) in [4.78, 5) is 14.9. The van der Waals surface area contributed by atoms with Gasteiger partial charge in [0.05, 0.1) is 17.1 Å². The van der Waals surface area contributed by atoms with E-state index in [9.17, 15) is 13.2 Å². The lowest BCUT2D eigenvalue weighted by Crippen LogP contribution is -2.24. The van der Waals surface area contributed by atoms with E-state index in [2.05, 4.69) is 4.98 Å². The Morgan fingerprint density at radius 2 is 2.15 bits per heavy atom. The summed E-state index contributed by atoms with van der Waals surface area (Å²) in [5.74, 6) is -1.20. The number of carbonyl (C=O) groups is 1. The van der Waals surface area contributed by atoms with Gasteiger partial charge >= 0.3 is 5.97 Å². The summed E-state index contributed by atoms with van der Waals surface area (Å²) < 4.78 is 25.7. The van der Waals surface area contributed by atoms with Gasteiger partial charge in [-0.15, -0.1) is 0 Å². The van der Waals surface area contributed by atoms with Crippen LogP contribution in [0.25, 0.3) is 6.08 Å². The molecule has 0 radical (unpaired) electrons. The van der Waals surface area contributed by atoms with E-state index in [0.29, 0.717) is 17.8 Å². The molecule has 0 unspecified atom stereocenters. The van der Waals surface area contributed by atoms with Crippen molar-refractivity contribution in [1.82, 2.24) is 8.96 Å². The number of nitrogens with zero attached hydrogens (tertiary/aromatic N) is 2. The number of carboxylic acids is 1. The quantitative estimate of drug-likeness (QED) is 0.846. The first-order valence-corrected chi connectivity index (χ1v) is 7.87. The van der Waals surface area contributed by atoms with Crippen LogP contribution in [-0.2, 0) is 21.2 Å². The molecule has 1 aromatic rings. The molecule has 0 amide bonds. The number of aromatic nitrogens is 2. The fourth-order valence-corrected chi connectivity index (χ4v) is 4.12. The Kier molecular flexibility index (Phi) is 3.59. The largest absolute Gasteiger partial charge is 0.478 e. The summed E-state index contributed by atoms with van der Waals surface area (Å²) in [6.45, 7) is 3.61. The number of aliphatic carboxylic acids is 1. The normalized spacial score (nSPS) is 15.1. The first kappa shape index (κ1) is 14.6. The maximum Gasteiger partial charge on any atom is 0.331 e. The van der Waals surface area contributed by atoms with Crippen molar-refractivity contribution in [2.45, 2.75) is 26.7 Å². The van der Waals surface area contributed by atoms with Crippen LogP contribution in [0.15, 0.2) is 5.57 Å². The Labute approximate surface area is 117 Å². The second kappa shape index (κ2) is 4.93. The Bertz CT molecular complexity index is 686. The van der Waals surface area contributed by atoms with Crippen molar-refractivity contribution in [1.29, 1.82) is 0 Å². The number of nitrogens with two attached hydrogens (primary N) is 1. The Balaban J connectivity index is 2.53. The van der Waals surface area contributed by atoms with Crippen LogP contribution in [0, 0.1) is 5.92 Å². The third-order valence-electron chi connectivity index (χ3n) is 3.02. The van der Waals surface area contributed by atoms with Crippen molar-refractivity contribution >= 4 is 28.0 Å². The zero-order valence-corrected chi connectivity index (χ0v) is 12.1. The minimum absolute atomic E-state index is 0.0322. The van der Waals surface area contributed by atoms with Gasteiger partial charge in [-0.1, -0.05) is 13.8 Å². The topological polar surface area (TPSA) is 115 Å². The minimum atomic E-state index is -3.57. The molecule has 0 aliphatic heterocycles. The molecule has 0 spiro atoms. The summed E-state index contributed by atoms with van der Waals surface area (Å²) in [6.07, 6.45) is 1.96. The number of anilines is 1. The van der Waals surface area contributed by atoms with Crippen molar-refractivity contribution in [3.8, 4) is 0 Å². The van der Waals surface area contributed by atoms with Crippen LogP contribution in [0.2, 0.25) is 0 Å². The van der Waals surface area contributed by atoms with Gasteiger partial charge in [-0.25, -0.2) is 22.2 Å². The molecular weight excluding hydrogens is 282 g/mol. The van der Waals surface area contributed by atoms with E-state index in [1.54, 1.807) is 13.8 Å². The maximum absolute atomic E-state index is 12.3. The summed E-state index contributed by atoms with van der Waals surface area (Å²) >= 11 is 0. The van der Waals surface area contributed by atoms with E-state index in [-0.39, 0.29) is 29.6 Å². The fourth-order valence-electron chi connectivity index (χ4n) is 2.29. The van der Waals surface area contributed by atoms with Crippen molar-refractivity contribution < 1.29 is 18.3 Å². The van der Waals surface area contributed by atoms with E-state index in [4.69, 9.17) is 10.8 Å². The van der Waals surface area contributed by atoms with Crippen LogP contribution in [0.3, 0.4) is 0 Å². The van der Waals surface area contributed by atoms with Crippen molar-refractivity contribution in [2.24, 2.45) is 5.92 Å². The molecule has 0 saturated carbocycles. The van der Waals surface area contributed by atoms with Crippen LogP contribution in [0.5, 0.6) is 0 Å². The minimum Gasteiger partial charge on any atom is -0.478 e. The summed E-state index contributed by atoms with van der Waals surface area (Å²) in [5, 5.41) is 8.97. The van der Waals surface area contributed by atoms with Crippen LogP contribution < -0.4 is 5.73 Å². The number of hydrogen-bond donors (Lipinski definition) is 2. The molecule has 1 aliphatic carbocycles. The van der Waals surface area contributed by atoms with Crippen LogP contribution in [-0.4, -0.2) is 34.2 Å². The van der Waals surface area contributed by atoms with Crippen LogP contribution in [0.4, 0.5) is 5.95 Å². The smallest absolute Gasteiger partial charge is 0.331 e. The molecule has 0 bridgehead atoms. The number of imidazole rings is 1. The second-order valence-electron chi connectivity index (χ2n) is 5.21. The highest BCUT2D eigenvalue weighted by Crippen LogP contribution is 2.27. The highest BCUT2D eigenvalue weighted by atomic mass is 32.2. The molecule has 2 rings (SSSR count). The monoisotopic (exact) mass is 299 g/mol. The van der Waals surface area contributed by atoms with Crippen molar-refractivity contribution in [3.63, 3.8) is 0 Å². The zero-order chi connectivity index (χ0) is 15.1. The number of nitrogen functional groups attached to an aromatic ring is 1. The van der Waals surface area contributed by atoms with Gasteiger partial charge in [0.2, 0.25) is 16.0 Å². The molecule has 0 atom stereocenters. The lowest BCUT2D eigenvalue weighted by Gasteiger charge is -2.15. The van der Waals surface area contributed by atoms with Gasteiger partial charge < -0.3 is 10.8 Å². The fraction of sp³-hybridized carbons (Fsp3) is 0.500.